The van der Waals surface area contributed by atoms with Crippen molar-refractivity contribution in [1.29, 1.82) is 0 Å². The van der Waals surface area contributed by atoms with Gasteiger partial charge in [0.1, 0.15) is 0 Å². The molecule has 0 bridgehead atoms. The largest absolute Gasteiger partial charge is 0.392 e. The molecule has 3 N–H and O–H groups in total. The predicted octanol–water partition coefficient (Wildman–Crippen LogP) is -0.524. The molecular formula is C13H22N4O2S. The molecule has 2 fully saturated rings. The molecule has 112 valence electrons. The Morgan fingerprint density at radius 2 is 1.90 bits per heavy atom. The summed E-state index contributed by atoms with van der Waals surface area (Å²) in [7, 11) is 0. The maximum atomic E-state index is 12.0. The van der Waals surface area contributed by atoms with E-state index in [1.54, 1.807) is 4.90 Å². The lowest BCUT2D eigenvalue weighted by atomic mass is 10.1. The Hall–Kier alpha value is -1.21. The van der Waals surface area contributed by atoms with Crippen LogP contribution in [0.1, 0.15) is 25.7 Å². The highest BCUT2D eigenvalue weighted by molar-refractivity contribution is 7.80. The van der Waals surface area contributed by atoms with E-state index in [0.29, 0.717) is 19.1 Å². The number of hydrogen-bond donors (Lipinski definition) is 2. The summed E-state index contributed by atoms with van der Waals surface area (Å²) in [5.74, 6) is -1.09. The quantitative estimate of drug-likeness (QED) is 0.541. The molecule has 0 saturated carbocycles. The van der Waals surface area contributed by atoms with Crippen molar-refractivity contribution in [3.8, 4) is 0 Å². The molecule has 6 nitrogen and oxygen atoms in total. The van der Waals surface area contributed by atoms with E-state index >= 15 is 0 Å². The number of nitrogens with zero attached hydrogens (tertiary/aromatic N) is 2. The van der Waals surface area contributed by atoms with Crippen LogP contribution in [0.25, 0.3) is 0 Å². The highest BCUT2D eigenvalue weighted by Gasteiger charge is 2.33. The van der Waals surface area contributed by atoms with E-state index in [0.717, 1.165) is 19.5 Å². The Bertz CT molecular complexity index is 396. The molecule has 2 heterocycles. The Balaban J connectivity index is 1.80. The summed E-state index contributed by atoms with van der Waals surface area (Å²) in [6, 6.07) is 0.405. The molecule has 0 aromatic heterocycles. The van der Waals surface area contributed by atoms with Crippen LogP contribution in [0.15, 0.2) is 0 Å². The molecule has 2 aliphatic heterocycles. The van der Waals surface area contributed by atoms with Gasteiger partial charge >= 0.3 is 11.8 Å². The summed E-state index contributed by atoms with van der Waals surface area (Å²) >= 11 is 4.67. The van der Waals surface area contributed by atoms with Crippen molar-refractivity contribution in [2.45, 2.75) is 31.7 Å². The number of hydrogen-bond acceptors (Lipinski definition) is 4. The van der Waals surface area contributed by atoms with Gasteiger partial charge in [-0.3, -0.25) is 14.5 Å². The molecule has 7 heteroatoms. The Labute approximate surface area is 124 Å². The Morgan fingerprint density at radius 3 is 2.55 bits per heavy atom. The predicted molar refractivity (Wildman–Crippen MR) is 80.2 cm³/mol. The maximum absolute atomic E-state index is 12.0. The summed E-state index contributed by atoms with van der Waals surface area (Å²) < 4.78 is 0. The average molecular weight is 298 g/mol. The van der Waals surface area contributed by atoms with Crippen LogP contribution in [0.4, 0.5) is 0 Å². The van der Waals surface area contributed by atoms with Crippen molar-refractivity contribution in [2.75, 3.05) is 32.7 Å². The smallest absolute Gasteiger partial charge is 0.311 e. The SMILES string of the molecule is NC(=S)CNC(=O)C(=O)N1CCC(N2CCCCC2)C1. The minimum atomic E-state index is -0.614. The van der Waals surface area contributed by atoms with Crippen LogP contribution in [0.3, 0.4) is 0 Å². The minimum absolute atomic E-state index is 0.0727. The van der Waals surface area contributed by atoms with Crippen molar-refractivity contribution in [3.63, 3.8) is 0 Å². The molecule has 2 aliphatic rings. The molecule has 0 aliphatic carbocycles. The number of likely N-dealkylation sites (tertiary alicyclic amines) is 2. The van der Waals surface area contributed by atoms with Crippen molar-refractivity contribution in [2.24, 2.45) is 5.73 Å². The van der Waals surface area contributed by atoms with Gasteiger partial charge in [0.2, 0.25) is 0 Å². The van der Waals surface area contributed by atoms with E-state index < -0.39 is 11.8 Å². The zero-order chi connectivity index (χ0) is 14.5. The number of carbonyl (C=O) groups is 2. The molecule has 2 saturated heterocycles. The molecule has 0 aromatic rings. The van der Waals surface area contributed by atoms with Gasteiger partial charge in [0.15, 0.2) is 0 Å². The van der Waals surface area contributed by atoms with Crippen LogP contribution in [0, 0.1) is 0 Å². The number of carbonyl (C=O) groups excluding carboxylic acids is 2. The molecular weight excluding hydrogens is 276 g/mol. The second-order valence-corrected chi connectivity index (χ2v) is 5.96. The Morgan fingerprint density at radius 1 is 1.20 bits per heavy atom. The van der Waals surface area contributed by atoms with E-state index in [4.69, 9.17) is 5.73 Å². The fourth-order valence-electron chi connectivity index (χ4n) is 2.89. The number of thiocarbonyl (C=S) groups is 1. The van der Waals surface area contributed by atoms with E-state index in [1.165, 1.54) is 19.3 Å². The average Bonchev–Trinajstić information content (AvgIpc) is 2.94. The van der Waals surface area contributed by atoms with E-state index in [1.807, 2.05) is 0 Å². The van der Waals surface area contributed by atoms with Crippen molar-refractivity contribution in [1.82, 2.24) is 15.1 Å². The zero-order valence-electron chi connectivity index (χ0n) is 11.6. The maximum Gasteiger partial charge on any atom is 0.311 e. The normalized spacial score (nSPS) is 23.6. The zero-order valence-corrected chi connectivity index (χ0v) is 12.5. The van der Waals surface area contributed by atoms with Gasteiger partial charge in [0.05, 0.1) is 11.5 Å². The first-order valence-electron chi connectivity index (χ1n) is 7.17. The molecule has 0 aromatic carbocycles. The molecule has 1 unspecified atom stereocenters. The van der Waals surface area contributed by atoms with E-state index in [9.17, 15) is 9.59 Å². The molecule has 2 amide bonds. The van der Waals surface area contributed by atoms with Gasteiger partial charge in [-0.1, -0.05) is 18.6 Å². The summed E-state index contributed by atoms with van der Waals surface area (Å²) in [6.45, 7) is 3.60. The van der Waals surface area contributed by atoms with Gasteiger partial charge in [0, 0.05) is 19.1 Å². The third-order valence-electron chi connectivity index (χ3n) is 3.98. The van der Waals surface area contributed by atoms with Gasteiger partial charge < -0.3 is 16.0 Å². The highest BCUT2D eigenvalue weighted by atomic mass is 32.1. The van der Waals surface area contributed by atoms with Gasteiger partial charge in [0.25, 0.3) is 0 Å². The first-order chi connectivity index (χ1) is 9.58. The summed E-state index contributed by atoms with van der Waals surface area (Å²) in [4.78, 5) is 27.9. The topological polar surface area (TPSA) is 78.7 Å². The first kappa shape index (κ1) is 15.2. The number of piperidine rings is 1. The van der Waals surface area contributed by atoms with Gasteiger partial charge in [-0.05, 0) is 32.4 Å². The number of nitrogens with two attached hydrogens (primary N) is 1. The van der Waals surface area contributed by atoms with Crippen LogP contribution in [-0.4, -0.2) is 65.4 Å². The second-order valence-electron chi connectivity index (χ2n) is 5.44. The van der Waals surface area contributed by atoms with Crippen LogP contribution < -0.4 is 11.1 Å². The van der Waals surface area contributed by atoms with Crippen LogP contribution in [0.2, 0.25) is 0 Å². The van der Waals surface area contributed by atoms with Gasteiger partial charge in [-0.15, -0.1) is 0 Å². The fourth-order valence-corrected chi connectivity index (χ4v) is 2.97. The van der Waals surface area contributed by atoms with Gasteiger partial charge in [-0.25, -0.2) is 0 Å². The molecule has 1 atom stereocenters. The third kappa shape index (κ3) is 3.89. The van der Waals surface area contributed by atoms with Crippen molar-refractivity contribution < 1.29 is 9.59 Å². The molecule has 2 rings (SSSR count). The minimum Gasteiger partial charge on any atom is -0.392 e. The standard InChI is InChI=1S/C13H22N4O2S/c14-11(20)8-15-12(18)13(19)17-7-4-10(9-17)16-5-2-1-3-6-16/h10H,1-9H2,(H2,14,20)(H,15,18). The summed E-state index contributed by atoms with van der Waals surface area (Å²) in [5.41, 5.74) is 5.30. The third-order valence-corrected chi connectivity index (χ3v) is 4.12. The number of rotatable bonds is 3. The lowest BCUT2D eigenvalue weighted by Gasteiger charge is -2.32. The summed E-state index contributed by atoms with van der Waals surface area (Å²) in [6.07, 6.45) is 4.72. The Kier molecular flexibility index (Phi) is 5.31. The second kappa shape index (κ2) is 6.99. The number of amides is 2. The summed E-state index contributed by atoms with van der Waals surface area (Å²) in [5, 5.41) is 2.44. The van der Waals surface area contributed by atoms with Gasteiger partial charge in [-0.2, -0.15) is 0 Å². The molecule has 0 spiro atoms. The van der Waals surface area contributed by atoms with E-state index in [-0.39, 0.29) is 11.5 Å². The molecule has 20 heavy (non-hydrogen) atoms. The highest BCUT2D eigenvalue weighted by Crippen LogP contribution is 2.20. The fraction of sp³-hybridized carbons (Fsp3) is 0.769. The molecule has 0 radical (unpaired) electrons. The van der Waals surface area contributed by atoms with Crippen molar-refractivity contribution >= 4 is 29.0 Å². The lowest BCUT2D eigenvalue weighted by molar-refractivity contribution is -0.145. The monoisotopic (exact) mass is 298 g/mol. The van der Waals surface area contributed by atoms with Crippen LogP contribution in [-0.2, 0) is 9.59 Å². The number of nitrogens with one attached hydrogen (secondary N) is 1. The lowest BCUT2D eigenvalue weighted by Crippen LogP contribution is -2.46. The van der Waals surface area contributed by atoms with Crippen molar-refractivity contribution in [3.05, 3.63) is 0 Å². The van der Waals surface area contributed by atoms with Crippen LogP contribution >= 0.6 is 12.2 Å². The van der Waals surface area contributed by atoms with E-state index in [2.05, 4.69) is 22.4 Å². The first-order valence-corrected chi connectivity index (χ1v) is 7.58. The van der Waals surface area contributed by atoms with Crippen LogP contribution in [0.5, 0.6) is 0 Å².